The average molecular weight is 511 g/mol. The Balaban J connectivity index is 0.000000398. The summed E-state index contributed by atoms with van der Waals surface area (Å²) < 4.78 is 5.34. The molecule has 34 heavy (non-hydrogen) atoms. The fourth-order valence-corrected chi connectivity index (χ4v) is 5.80. The largest absolute Gasteiger partial charge is 0.497 e. The Hall–Kier alpha value is -2.94. The van der Waals surface area contributed by atoms with E-state index in [0.29, 0.717) is 21.6 Å². The van der Waals surface area contributed by atoms with Crippen molar-refractivity contribution in [3.05, 3.63) is 88.0 Å². The van der Waals surface area contributed by atoms with Crippen LogP contribution in [-0.4, -0.2) is 41.7 Å². The first-order chi connectivity index (χ1) is 16.5. The van der Waals surface area contributed by atoms with E-state index in [9.17, 15) is 4.79 Å². The molecule has 0 bridgehead atoms. The van der Waals surface area contributed by atoms with E-state index in [4.69, 9.17) is 16.3 Å². The third kappa shape index (κ3) is 5.24. The summed E-state index contributed by atoms with van der Waals surface area (Å²) in [6.07, 6.45) is 3.50. The first kappa shape index (κ1) is 24.2. The smallest absolute Gasteiger partial charge is 0.269 e. The molecule has 2 aromatic carbocycles. The maximum Gasteiger partial charge on any atom is 0.269 e. The molecule has 1 aromatic heterocycles. The number of hydrogen-bond acceptors (Lipinski definition) is 7. The van der Waals surface area contributed by atoms with Gasteiger partial charge in [-0.3, -0.25) is 14.7 Å². The second-order valence-electron chi connectivity index (χ2n) is 7.18. The van der Waals surface area contributed by atoms with Crippen LogP contribution in [0.25, 0.3) is 0 Å². The van der Waals surface area contributed by atoms with Gasteiger partial charge in [0.05, 0.1) is 23.5 Å². The van der Waals surface area contributed by atoms with Crippen molar-refractivity contribution in [2.45, 2.75) is 11.8 Å². The number of methoxy groups -OCH3 is 1. The van der Waals surface area contributed by atoms with Crippen molar-refractivity contribution in [3.8, 4) is 5.75 Å². The van der Waals surface area contributed by atoms with Crippen molar-refractivity contribution in [1.29, 1.82) is 0 Å². The molecule has 1 saturated heterocycles. The molecule has 6 nitrogen and oxygen atoms in total. The van der Waals surface area contributed by atoms with Gasteiger partial charge in [-0.25, -0.2) is 4.99 Å². The van der Waals surface area contributed by atoms with E-state index in [-0.39, 0.29) is 5.91 Å². The van der Waals surface area contributed by atoms with Crippen LogP contribution in [0.4, 0.5) is 11.4 Å². The lowest BCUT2D eigenvalue weighted by molar-refractivity contribution is -0.122. The number of benzene rings is 2. The minimum absolute atomic E-state index is 0.0191. The molecule has 2 aliphatic rings. The zero-order valence-corrected chi connectivity index (χ0v) is 21.3. The molecule has 9 heteroatoms. The molecule has 3 aromatic rings. The second kappa shape index (κ2) is 11.0. The standard InChI is InChI=1S/C20H18ClN3O2S2.C5H5N/c1-4-24-18(25)17(28-20(24)22-13-7-5-12(21)6-8-13)19-23(2)15-11-14(26-3)9-10-16(15)27-19;1-2-4-6-5-3-1/h5-11H,4H2,1-3H3;1-5H/b19-17-,22-20?;. The number of rotatable bonds is 3. The molecule has 2 aliphatic heterocycles. The van der Waals surface area contributed by atoms with Crippen molar-refractivity contribution in [1.82, 2.24) is 9.88 Å². The maximum atomic E-state index is 13.1. The van der Waals surface area contributed by atoms with Gasteiger partial charge in [-0.1, -0.05) is 29.4 Å². The quantitative estimate of drug-likeness (QED) is 0.379. The first-order valence-electron chi connectivity index (χ1n) is 10.5. The minimum atomic E-state index is -0.0191. The van der Waals surface area contributed by atoms with Crippen molar-refractivity contribution in [2.24, 2.45) is 4.99 Å². The van der Waals surface area contributed by atoms with Crippen LogP contribution in [-0.2, 0) is 4.79 Å². The highest BCUT2D eigenvalue weighted by molar-refractivity contribution is 8.19. The number of pyridine rings is 1. The number of aliphatic imine (C=N–C) groups is 1. The summed E-state index contributed by atoms with van der Waals surface area (Å²) in [6, 6.07) is 18.9. The van der Waals surface area contributed by atoms with Crippen LogP contribution in [0.15, 0.2) is 92.9 Å². The number of aromatic nitrogens is 1. The van der Waals surface area contributed by atoms with Crippen molar-refractivity contribution >= 4 is 57.6 Å². The molecule has 0 aliphatic carbocycles. The Kier molecular flexibility index (Phi) is 7.82. The van der Waals surface area contributed by atoms with Gasteiger partial charge < -0.3 is 9.64 Å². The summed E-state index contributed by atoms with van der Waals surface area (Å²) >= 11 is 8.96. The molecule has 0 unspecified atom stereocenters. The topological polar surface area (TPSA) is 58.0 Å². The van der Waals surface area contributed by atoms with Crippen LogP contribution in [0.2, 0.25) is 5.02 Å². The number of carbonyl (C=O) groups is 1. The number of fused-ring (bicyclic) bond motifs is 1. The Morgan fingerprint density at radius 3 is 2.38 bits per heavy atom. The lowest BCUT2D eigenvalue weighted by Crippen LogP contribution is -2.29. The molecule has 0 atom stereocenters. The number of ether oxygens (including phenoxy) is 1. The summed E-state index contributed by atoms with van der Waals surface area (Å²) in [5, 5.41) is 2.25. The van der Waals surface area contributed by atoms with Crippen LogP contribution >= 0.6 is 35.1 Å². The monoisotopic (exact) mass is 510 g/mol. The van der Waals surface area contributed by atoms with Gasteiger partial charge >= 0.3 is 0 Å². The number of hydrogen-bond donors (Lipinski definition) is 0. The van der Waals surface area contributed by atoms with Gasteiger partial charge in [-0.2, -0.15) is 0 Å². The van der Waals surface area contributed by atoms with Gasteiger partial charge in [0.2, 0.25) is 0 Å². The van der Waals surface area contributed by atoms with Gasteiger partial charge in [0.25, 0.3) is 5.91 Å². The normalized spacial score (nSPS) is 18.1. The van der Waals surface area contributed by atoms with E-state index in [0.717, 1.165) is 27.0 Å². The molecule has 1 amide bonds. The summed E-state index contributed by atoms with van der Waals surface area (Å²) in [5.74, 6) is 0.775. The van der Waals surface area contributed by atoms with E-state index < -0.39 is 0 Å². The van der Waals surface area contributed by atoms with Gasteiger partial charge in [0.15, 0.2) is 5.17 Å². The fourth-order valence-electron chi connectivity index (χ4n) is 3.29. The lowest BCUT2D eigenvalue weighted by atomic mass is 10.3. The Morgan fingerprint density at radius 1 is 1.06 bits per heavy atom. The Labute approximate surface area is 212 Å². The van der Waals surface area contributed by atoms with Crippen LogP contribution in [0.5, 0.6) is 5.75 Å². The third-order valence-corrected chi connectivity index (χ3v) is 7.71. The summed E-state index contributed by atoms with van der Waals surface area (Å²) in [5.41, 5.74) is 1.80. The highest BCUT2D eigenvalue weighted by Crippen LogP contribution is 2.51. The van der Waals surface area contributed by atoms with Gasteiger partial charge in [-0.15, -0.1) is 0 Å². The van der Waals surface area contributed by atoms with Gasteiger partial charge in [0.1, 0.15) is 10.7 Å². The van der Waals surface area contributed by atoms with Gasteiger partial charge in [0, 0.05) is 42.0 Å². The van der Waals surface area contributed by atoms with E-state index in [1.807, 2.05) is 67.4 Å². The summed E-state index contributed by atoms with van der Waals surface area (Å²) in [4.78, 5) is 27.1. The number of amidine groups is 1. The zero-order valence-electron chi connectivity index (χ0n) is 18.9. The van der Waals surface area contributed by atoms with Crippen LogP contribution in [0.3, 0.4) is 0 Å². The molecular formula is C25H23ClN4O2S2. The molecule has 1 fully saturated rings. The zero-order chi connectivity index (χ0) is 24.1. The fraction of sp³-hybridized carbons (Fsp3) is 0.160. The van der Waals surface area contributed by atoms with Crippen molar-refractivity contribution in [2.75, 3.05) is 25.6 Å². The minimum Gasteiger partial charge on any atom is -0.497 e. The molecule has 3 heterocycles. The van der Waals surface area contributed by atoms with E-state index >= 15 is 0 Å². The highest BCUT2D eigenvalue weighted by atomic mass is 35.5. The van der Waals surface area contributed by atoms with Crippen LogP contribution in [0.1, 0.15) is 6.92 Å². The highest BCUT2D eigenvalue weighted by Gasteiger charge is 2.38. The molecule has 0 radical (unpaired) electrons. The predicted octanol–water partition coefficient (Wildman–Crippen LogP) is 6.42. The maximum absolute atomic E-state index is 13.1. The number of carbonyl (C=O) groups excluding carboxylic acids is 1. The van der Waals surface area contributed by atoms with E-state index in [1.165, 1.54) is 11.8 Å². The number of halogens is 1. The second-order valence-corrected chi connectivity index (χ2v) is 9.62. The van der Waals surface area contributed by atoms with E-state index in [1.54, 1.807) is 48.3 Å². The molecule has 174 valence electrons. The van der Waals surface area contributed by atoms with E-state index in [2.05, 4.69) is 9.98 Å². The Morgan fingerprint density at radius 2 is 1.79 bits per heavy atom. The molecule has 5 rings (SSSR count). The lowest BCUT2D eigenvalue weighted by Gasteiger charge is -2.15. The summed E-state index contributed by atoms with van der Waals surface area (Å²) in [6.45, 7) is 2.51. The number of nitrogens with zero attached hydrogens (tertiary/aromatic N) is 4. The SMILES string of the molecule is CCN1C(=O)/C(=C2/Sc3ccc(OC)cc3N2C)SC1=Nc1ccc(Cl)cc1.c1ccncc1. The number of amides is 1. The van der Waals surface area contributed by atoms with Crippen LogP contribution < -0.4 is 9.64 Å². The van der Waals surface area contributed by atoms with Crippen molar-refractivity contribution < 1.29 is 9.53 Å². The first-order valence-corrected chi connectivity index (χ1v) is 12.6. The number of anilines is 1. The summed E-state index contributed by atoms with van der Waals surface area (Å²) in [7, 11) is 3.62. The molecule has 0 N–H and O–H groups in total. The number of likely N-dealkylation sites (N-methyl/N-ethyl adjacent to an activating group) is 1. The predicted molar refractivity (Wildman–Crippen MR) is 142 cm³/mol. The van der Waals surface area contributed by atoms with Gasteiger partial charge in [-0.05, 0) is 67.2 Å². The van der Waals surface area contributed by atoms with Crippen molar-refractivity contribution in [3.63, 3.8) is 0 Å². The third-order valence-electron chi connectivity index (χ3n) is 5.03. The average Bonchev–Trinajstić information content (AvgIpc) is 3.37. The molecule has 0 saturated carbocycles. The number of thioether (sulfide) groups is 2. The molecular weight excluding hydrogens is 488 g/mol. The van der Waals surface area contributed by atoms with Crippen LogP contribution in [0, 0.1) is 0 Å². The Bertz CT molecular complexity index is 1210. The molecule has 0 spiro atoms.